The highest BCUT2D eigenvalue weighted by molar-refractivity contribution is 4.98. The molecule has 1 N–H and O–H groups in total. The highest BCUT2D eigenvalue weighted by atomic mass is 16.5. The van der Waals surface area contributed by atoms with Gasteiger partial charge in [0.05, 0.1) is 18.3 Å². The van der Waals surface area contributed by atoms with Gasteiger partial charge in [0.25, 0.3) is 0 Å². The summed E-state index contributed by atoms with van der Waals surface area (Å²) >= 11 is 0. The third kappa shape index (κ3) is 2.36. The zero-order valence-electron chi connectivity index (χ0n) is 10.3. The fourth-order valence-corrected chi connectivity index (χ4v) is 3.97. The number of hydrogen-bond donors (Lipinski definition) is 1. The predicted molar refractivity (Wildman–Crippen MR) is 60.7 cm³/mol. The van der Waals surface area contributed by atoms with Gasteiger partial charge in [-0.25, -0.2) is 0 Å². The van der Waals surface area contributed by atoms with E-state index in [-0.39, 0.29) is 18.3 Å². The van der Waals surface area contributed by atoms with Crippen LogP contribution < -0.4 is 0 Å². The normalized spacial score (nSPS) is 44.8. The summed E-state index contributed by atoms with van der Waals surface area (Å²) in [6, 6.07) is 0. The summed E-state index contributed by atoms with van der Waals surface area (Å²) in [5, 5.41) is 9.15. The largest absolute Gasteiger partial charge is 0.394 e. The Morgan fingerprint density at radius 3 is 2.60 bits per heavy atom. The summed E-state index contributed by atoms with van der Waals surface area (Å²) in [4.78, 5) is 0. The smallest absolute Gasteiger partial charge is 0.0814 e. The van der Waals surface area contributed by atoms with E-state index in [9.17, 15) is 0 Å². The Hall–Kier alpha value is -0.0800. The maximum Gasteiger partial charge on any atom is 0.0814 e. The zero-order valence-corrected chi connectivity index (χ0v) is 10.3. The first-order chi connectivity index (χ1) is 6.95. The van der Waals surface area contributed by atoms with Gasteiger partial charge in [0, 0.05) is 0 Å². The Bertz CT molecular complexity index is 237. The van der Waals surface area contributed by atoms with Crippen LogP contribution >= 0.6 is 0 Å². The van der Waals surface area contributed by atoms with Crippen molar-refractivity contribution in [3.8, 4) is 0 Å². The van der Waals surface area contributed by atoms with Gasteiger partial charge in [-0.1, -0.05) is 20.8 Å². The Balaban J connectivity index is 2.08. The molecule has 0 aromatic carbocycles. The molecule has 0 aromatic rings. The van der Waals surface area contributed by atoms with E-state index in [0.29, 0.717) is 5.41 Å². The molecule has 1 spiro atoms. The minimum atomic E-state index is 0.0918. The molecule has 1 heterocycles. The summed E-state index contributed by atoms with van der Waals surface area (Å²) < 4.78 is 6.10. The standard InChI is InChI=1S/C13H24O2/c1-10-6-12(2,3)9-13(7-10)5-4-11(8-14)15-13/h10-11,14H,4-9H2,1-3H3/t10-,11+,13-/m1/s1. The van der Waals surface area contributed by atoms with E-state index in [2.05, 4.69) is 20.8 Å². The van der Waals surface area contributed by atoms with E-state index in [1.165, 1.54) is 19.3 Å². The molecule has 1 saturated heterocycles. The molecule has 0 unspecified atom stereocenters. The molecule has 2 fully saturated rings. The lowest BCUT2D eigenvalue weighted by Gasteiger charge is -2.45. The summed E-state index contributed by atoms with van der Waals surface area (Å²) in [5.41, 5.74) is 0.497. The van der Waals surface area contributed by atoms with E-state index in [4.69, 9.17) is 9.84 Å². The van der Waals surface area contributed by atoms with Gasteiger partial charge in [0.2, 0.25) is 0 Å². The summed E-state index contributed by atoms with van der Waals surface area (Å²) in [6.07, 6.45) is 5.95. The SMILES string of the molecule is C[C@@H]1CC(C)(C)C[C@@]2(CC[C@@H](CO)O2)C1. The van der Waals surface area contributed by atoms with Crippen molar-refractivity contribution < 1.29 is 9.84 Å². The Morgan fingerprint density at radius 1 is 1.33 bits per heavy atom. The molecule has 0 amide bonds. The molecular weight excluding hydrogens is 188 g/mol. The highest BCUT2D eigenvalue weighted by Crippen LogP contribution is 2.50. The molecule has 2 nitrogen and oxygen atoms in total. The third-order valence-electron chi connectivity index (χ3n) is 3.96. The van der Waals surface area contributed by atoms with E-state index >= 15 is 0 Å². The van der Waals surface area contributed by atoms with Crippen LogP contribution in [0.4, 0.5) is 0 Å². The lowest BCUT2D eigenvalue weighted by atomic mass is 9.65. The summed E-state index contributed by atoms with van der Waals surface area (Å²) in [6.45, 7) is 7.22. The summed E-state index contributed by atoms with van der Waals surface area (Å²) in [7, 11) is 0. The monoisotopic (exact) mass is 212 g/mol. The number of aliphatic hydroxyl groups excluding tert-OH is 1. The van der Waals surface area contributed by atoms with Gasteiger partial charge in [-0.2, -0.15) is 0 Å². The van der Waals surface area contributed by atoms with E-state index in [1.807, 2.05) is 0 Å². The molecule has 0 bridgehead atoms. The minimum absolute atomic E-state index is 0.0918. The quantitative estimate of drug-likeness (QED) is 0.724. The fraction of sp³-hybridized carbons (Fsp3) is 1.00. The molecule has 2 aliphatic rings. The second-order valence-electron chi connectivity index (χ2n) is 6.50. The number of hydrogen-bond acceptors (Lipinski definition) is 2. The lowest BCUT2D eigenvalue weighted by molar-refractivity contribution is -0.113. The molecule has 1 aliphatic heterocycles. The molecule has 0 aromatic heterocycles. The van der Waals surface area contributed by atoms with Crippen LogP contribution in [-0.2, 0) is 4.74 Å². The highest BCUT2D eigenvalue weighted by Gasteiger charge is 2.47. The average molecular weight is 212 g/mol. The first-order valence-electron chi connectivity index (χ1n) is 6.23. The maximum absolute atomic E-state index is 9.15. The fourth-order valence-electron chi connectivity index (χ4n) is 3.97. The Kier molecular flexibility index (Phi) is 2.85. The van der Waals surface area contributed by atoms with Crippen LogP contribution in [-0.4, -0.2) is 23.4 Å². The maximum atomic E-state index is 9.15. The van der Waals surface area contributed by atoms with Crippen LogP contribution in [0.5, 0.6) is 0 Å². The van der Waals surface area contributed by atoms with Crippen molar-refractivity contribution in [2.24, 2.45) is 11.3 Å². The topological polar surface area (TPSA) is 29.5 Å². The summed E-state index contributed by atoms with van der Waals surface area (Å²) in [5.74, 6) is 0.756. The van der Waals surface area contributed by atoms with Crippen molar-refractivity contribution in [2.45, 2.75) is 64.6 Å². The average Bonchev–Trinajstić information content (AvgIpc) is 2.44. The van der Waals surface area contributed by atoms with Crippen LogP contribution in [0, 0.1) is 11.3 Å². The second-order valence-corrected chi connectivity index (χ2v) is 6.50. The first-order valence-corrected chi connectivity index (χ1v) is 6.23. The van der Waals surface area contributed by atoms with Crippen LogP contribution in [0.15, 0.2) is 0 Å². The van der Waals surface area contributed by atoms with Gasteiger partial charge in [0.15, 0.2) is 0 Å². The van der Waals surface area contributed by atoms with Crippen LogP contribution in [0.25, 0.3) is 0 Å². The van der Waals surface area contributed by atoms with Crippen molar-refractivity contribution in [2.75, 3.05) is 6.61 Å². The van der Waals surface area contributed by atoms with Crippen molar-refractivity contribution in [3.63, 3.8) is 0 Å². The van der Waals surface area contributed by atoms with Gasteiger partial charge in [-0.15, -0.1) is 0 Å². The minimum Gasteiger partial charge on any atom is -0.394 e. The molecule has 88 valence electrons. The molecule has 2 heteroatoms. The van der Waals surface area contributed by atoms with Crippen molar-refractivity contribution in [1.29, 1.82) is 0 Å². The molecule has 1 saturated carbocycles. The van der Waals surface area contributed by atoms with Gasteiger partial charge in [-0.05, 0) is 43.4 Å². The van der Waals surface area contributed by atoms with Crippen LogP contribution in [0.2, 0.25) is 0 Å². The van der Waals surface area contributed by atoms with Gasteiger partial charge < -0.3 is 9.84 Å². The van der Waals surface area contributed by atoms with Crippen molar-refractivity contribution >= 4 is 0 Å². The molecule has 2 rings (SSSR count). The molecule has 0 radical (unpaired) electrons. The first kappa shape index (κ1) is 11.4. The van der Waals surface area contributed by atoms with Crippen LogP contribution in [0.1, 0.15) is 52.9 Å². The van der Waals surface area contributed by atoms with E-state index in [0.717, 1.165) is 18.8 Å². The Labute approximate surface area is 93.0 Å². The zero-order chi connectivity index (χ0) is 11.1. The predicted octanol–water partition coefficient (Wildman–Crippen LogP) is 2.74. The van der Waals surface area contributed by atoms with Gasteiger partial charge in [0.1, 0.15) is 0 Å². The second kappa shape index (κ2) is 3.74. The van der Waals surface area contributed by atoms with Crippen molar-refractivity contribution in [3.05, 3.63) is 0 Å². The molecule has 3 atom stereocenters. The lowest BCUT2D eigenvalue weighted by Crippen LogP contribution is -2.42. The Morgan fingerprint density at radius 2 is 2.07 bits per heavy atom. The third-order valence-corrected chi connectivity index (χ3v) is 3.96. The van der Waals surface area contributed by atoms with E-state index < -0.39 is 0 Å². The molecule has 15 heavy (non-hydrogen) atoms. The van der Waals surface area contributed by atoms with Gasteiger partial charge >= 0.3 is 0 Å². The molecular formula is C13H24O2. The van der Waals surface area contributed by atoms with Gasteiger partial charge in [-0.3, -0.25) is 0 Å². The number of rotatable bonds is 1. The van der Waals surface area contributed by atoms with Crippen LogP contribution in [0.3, 0.4) is 0 Å². The number of ether oxygens (including phenoxy) is 1. The number of aliphatic hydroxyl groups is 1. The van der Waals surface area contributed by atoms with Crippen molar-refractivity contribution in [1.82, 2.24) is 0 Å². The molecule has 1 aliphatic carbocycles. The van der Waals surface area contributed by atoms with E-state index in [1.54, 1.807) is 0 Å².